The Morgan fingerprint density at radius 2 is 1.96 bits per heavy atom. The van der Waals surface area contributed by atoms with Crippen molar-refractivity contribution in [1.29, 1.82) is 5.41 Å². The van der Waals surface area contributed by atoms with Crippen LogP contribution in [0.2, 0.25) is 0 Å². The first kappa shape index (κ1) is 18.3. The van der Waals surface area contributed by atoms with Gasteiger partial charge in [0, 0.05) is 24.3 Å². The average molecular weight is 367 g/mol. The van der Waals surface area contributed by atoms with Crippen LogP contribution < -0.4 is 27.2 Å². The standard InChI is InChI=1S/C18H21N7O2/c1-10-9-13-15(23-10)25-17(27)14(24-13)11-3-5-12(6-4-11)16(26)21-7-2-8-22-18(19)20/h3-6,9,14H,2,7-8H2,1H3,(H,21,26)(H4,19,20,22)(H,23,25,27). The Morgan fingerprint density at radius 3 is 2.67 bits per heavy atom. The number of hydrogen-bond acceptors (Lipinski definition) is 4. The zero-order valence-corrected chi connectivity index (χ0v) is 14.9. The zero-order valence-electron chi connectivity index (χ0n) is 14.9. The summed E-state index contributed by atoms with van der Waals surface area (Å²) in [5.41, 5.74) is 7.76. The molecule has 0 aliphatic carbocycles. The quantitative estimate of drug-likeness (QED) is 0.264. The molecule has 1 aromatic heterocycles. The van der Waals surface area contributed by atoms with Gasteiger partial charge in [-0.15, -0.1) is 0 Å². The summed E-state index contributed by atoms with van der Waals surface area (Å²) in [7, 11) is 0. The van der Waals surface area contributed by atoms with Crippen molar-refractivity contribution in [3.8, 4) is 0 Å². The molecule has 1 aliphatic heterocycles. The van der Waals surface area contributed by atoms with E-state index in [-0.39, 0.29) is 17.8 Å². The van der Waals surface area contributed by atoms with Gasteiger partial charge in [0.1, 0.15) is 5.36 Å². The van der Waals surface area contributed by atoms with E-state index in [0.29, 0.717) is 41.5 Å². The molecule has 6 N–H and O–H groups in total. The molecular weight excluding hydrogens is 346 g/mol. The third kappa shape index (κ3) is 4.38. The Balaban J connectivity index is 1.63. The van der Waals surface area contributed by atoms with Gasteiger partial charge >= 0.3 is 0 Å². The summed E-state index contributed by atoms with van der Waals surface area (Å²) in [4.78, 5) is 35.9. The first-order valence-electron chi connectivity index (χ1n) is 8.56. The number of nitrogens with zero attached hydrogens (tertiary/aromatic N) is 2. The number of hydrogen-bond donors (Lipinski definition) is 5. The van der Waals surface area contributed by atoms with Gasteiger partial charge < -0.3 is 21.4 Å². The SMILES string of the molecule is Cc1cc2c([nH]1)=NC(=O)C(c1ccc(C(=O)NCCCNC(=N)N)cc1)N=2. The molecule has 27 heavy (non-hydrogen) atoms. The molecule has 0 saturated carbocycles. The molecule has 0 radical (unpaired) electrons. The molecule has 3 rings (SSSR count). The van der Waals surface area contributed by atoms with Gasteiger partial charge in [-0.1, -0.05) is 12.1 Å². The summed E-state index contributed by atoms with van der Waals surface area (Å²) in [5.74, 6) is -0.628. The number of aromatic nitrogens is 1. The summed E-state index contributed by atoms with van der Waals surface area (Å²) in [6.45, 7) is 2.86. The van der Waals surface area contributed by atoms with E-state index < -0.39 is 6.04 Å². The fraction of sp³-hybridized carbons (Fsp3) is 0.278. The maximum absolute atomic E-state index is 12.2. The van der Waals surface area contributed by atoms with Gasteiger partial charge in [-0.05, 0) is 37.1 Å². The van der Waals surface area contributed by atoms with Crippen LogP contribution >= 0.6 is 0 Å². The second kappa shape index (κ2) is 7.81. The number of carbonyl (C=O) groups is 2. The van der Waals surface area contributed by atoms with Crippen molar-refractivity contribution in [3.63, 3.8) is 0 Å². The van der Waals surface area contributed by atoms with E-state index in [1.165, 1.54) is 0 Å². The highest BCUT2D eigenvalue weighted by atomic mass is 16.2. The Labute approximate surface area is 155 Å². The molecule has 1 atom stereocenters. The van der Waals surface area contributed by atoms with Crippen LogP contribution in [0.1, 0.15) is 34.1 Å². The number of H-pyrrole nitrogens is 1. The minimum absolute atomic E-state index is 0.0896. The number of rotatable bonds is 6. The topological polar surface area (TPSA) is 149 Å². The fourth-order valence-corrected chi connectivity index (χ4v) is 2.76. The number of benzene rings is 1. The van der Waals surface area contributed by atoms with Crippen molar-refractivity contribution >= 4 is 17.8 Å². The second-order valence-electron chi connectivity index (χ2n) is 6.24. The van der Waals surface area contributed by atoms with Crippen LogP contribution in [0.4, 0.5) is 0 Å². The third-order valence-electron chi connectivity index (χ3n) is 4.08. The predicted molar refractivity (Wildman–Crippen MR) is 98.9 cm³/mol. The Morgan fingerprint density at radius 1 is 1.26 bits per heavy atom. The number of nitrogens with one attached hydrogen (secondary N) is 4. The van der Waals surface area contributed by atoms with Crippen LogP contribution in [0.3, 0.4) is 0 Å². The highest BCUT2D eigenvalue weighted by Crippen LogP contribution is 2.20. The van der Waals surface area contributed by atoms with Crippen LogP contribution in [0, 0.1) is 12.3 Å². The monoisotopic (exact) mass is 367 g/mol. The van der Waals surface area contributed by atoms with Crippen molar-refractivity contribution in [2.75, 3.05) is 13.1 Å². The van der Waals surface area contributed by atoms with Gasteiger partial charge in [-0.25, -0.2) is 0 Å². The Kier molecular flexibility index (Phi) is 5.30. The van der Waals surface area contributed by atoms with E-state index in [4.69, 9.17) is 11.1 Å². The van der Waals surface area contributed by atoms with Crippen molar-refractivity contribution < 1.29 is 9.59 Å². The van der Waals surface area contributed by atoms with E-state index in [1.807, 2.05) is 13.0 Å². The van der Waals surface area contributed by atoms with Gasteiger partial charge in [-0.3, -0.25) is 20.0 Å². The highest BCUT2D eigenvalue weighted by Gasteiger charge is 2.22. The van der Waals surface area contributed by atoms with Crippen LogP contribution in [-0.2, 0) is 4.79 Å². The summed E-state index contributed by atoms with van der Waals surface area (Å²) in [6.07, 6.45) is 0.652. The van der Waals surface area contributed by atoms with Gasteiger partial charge in [0.2, 0.25) is 0 Å². The number of aromatic amines is 1. The molecule has 2 aromatic rings. The molecule has 2 amide bonds. The first-order chi connectivity index (χ1) is 12.9. The van der Waals surface area contributed by atoms with E-state index >= 15 is 0 Å². The second-order valence-corrected chi connectivity index (χ2v) is 6.24. The van der Waals surface area contributed by atoms with Crippen LogP contribution in [0.5, 0.6) is 0 Å². The zero-order chi connectivity index (χ0) is 19.4. The van der Waals surface area contributed by atoms with Crippen LogP contribution in [-0.4, -0.2) is 35.8 Å². The molecule has 1 aromatic carbocycles. The van der Waals surface area contributed by atoms with E-state index in [2.05, 4.69) is 25.6 Å². The van der Waals surface area contributed by atoms with Crippen LogP contribution in [0.25, 0.3) is 0 Å². The minimum atomic E-state index is -0.692. The van der Waals surface area contributed by atoms with Crippen molar-refractivity contribution in [2.24, 2.45) is 15.7 Å². The van der Waals surface area contributed by atoms with Crippen LogP contribution in [0.15, 0.2) is 40.3 Å². The molecule has 1 aliphatic rings. The van der Waals surface area contributed by atoms with Crippen molar-refractivity contribution in [3.05, 3.63) is 58.0 Å². The van der Waals surface area contributed by atoms with E-state index in [1.54, 1.807) is 24.3 Å². The summed E-state index contributed by atoms with van der Waals surface area (Å²) >= 11 is 0. The third-order valence-corrected chi connectivity index (χ3v) is 4.08. The number of nitrogens with two attached hydrogens (primary N) is 1. The van der Waals surface area contributed by atoms with Crippen molar-refractivity contribution in [2.45, 2.75) is 19.4 Å². The molecule has 2 heterocycles. The molecule has 9 heteroatoms. The number of guanidine groups is 1. The Hall–Kier alpha value is -3.49. The summed E-state index contributed by atoms with van der Waals surface area (Å²) in [5, 5.41) is 13.2. The smallest absolute Gasteiger partial charge is 0.277 e. The normalized spacial score (nSPS) is 15.3. The van der Waals surface area contributed by atoms with E-state index in [0.717, 1.165) is 5.69 Å². The van der Waals surface area contributed by atoms with Crippen molar-refractivity contribution in [1.82, 2.24) is 15.6 Å². The number of carbonyl (C=O) groups excluding carboxylic acids is 2. The maximum Gasteiger partial charge on any atom is 0.277 e. The number of fused-ring (bicyclic) bond motifs is 1. The minimum Gasteiger partial charge on any atom is -0.370 e. The summed E-state index contributed by atoms with van der Waals surface area (Å²) in [6, 6.07) is 7.93. The van der Waals surface area contributed by atoms with Gasteiger partial charge in [0.25, 0.3) is 11.8 Å². The lowest BCUT2D eigenvalue weighted by atomic mass is 10.0. The lowest BCUT2D eigenvalue weighted by molar-refractivity contribution is -0.119. The number of amides is 2. The first-order valence-corrected chi connectivity index (χ1v) is 8.56. The lowest BCUT2D eigenvalue weighted by Crippen LogP contribution is -2.33. The summed E-state index contributed by atoms with van der Waals surface area (Å²) < 4.78 is 0. The van der Waals surface area contributed by atoms with Gasteiger partial charge in [0.05, 0.1) is 0 Å². The fourth-order valence-electron chi connectivity index (χ4n) is 2.76. The predicted octanol–water partition coefficient (Wildman–Crippen LogP) is -0.553. The highest BCUT2D eigenvalue weighted by molar-refractivity contribution is 5.94. The molecule has 9 nitrogen and oxygen atoms in total. The Bertz CT molecular complexity index is 992. The molecular formula is C18H21N7O2. The molecule has 1 unspecified atom stereocenters. The largest absolute Gasteiger partial charge is 0.370 e. The molecule has 0 spiro atoms. The molecule has 0 fully saturated rings. The van der Waals surface area contributed by atoms with Gasteiger partial charge in [0.15, 0.2) is 17.5 Å². The molecule has 0 saturated heterocycles. The number of aryl methyl sites for hydroxylation is 1. The maximum atomic E-state index is 12.2. The molecule has 0 bridgehead atoms. The average Bonchev–Trinajstić information content (AvgIpc) is 2.99. The van der Waals surface area contributed by atoms with Gasteiger partial charge in [-0.2, -0.15) is 4.99 Å². The van der Waals surface area contributed by atoms with E-state index in [9.17, 15) is 9.59 Å². The lowest BCUT2D eigenvalue weighted by Gasteiger charge is -2.12. The molecule has 140 valence electrons.